The summed E-state index contributed by atoms with van der Waals surface area (Å²) in [6, 6.07) is 2.64. The van der Waals surface area contributed by atoms with Crippen LogP contribution in [0.1, 0.15) is 92.4 Å². The van der Waals surface area contributed by atoms with Crippen LogP contribution in [0, 0.1) is 0 Å². The highest BCUT2D eigenvalue weighted by Gasteiger charge is 1.86. The van der Waals surface area contributed by atoms with Crippen molar-refractivity contribution in [1.82, 2.24) is 4.90 Å². The zero-order valence-corrected chi connectivity index (χ0v) is 17.3. The Morgan fingerprint density at radius 2 is 1.09 bits per heavy atom. The van der Waals surface area contributed by atoms with E-state index < -0.39 is 0 Å². The van der Waals surface area contributed by atoms with Crippen LogP contribution in [0.3, 0.4) is 0 Å². The molecule has 0 spiro atoms. The maximum absolute atomic E-state index is 3.99. The average molecular weight is 328 g/mol. The van der Waals surface area contributed by atoms with Gasteiger partial charge in [-0.3, -0.25) is 0 Å². The largest absolute Gasteiger partial charge is 0.309 e. The van der Waals surface area contributed by atoms with Gasteiger partial charge in [0.15, 0.2) is 0 Å². The Morgan fingerprint density at radius 3 is 1.39 bits per heavy atom. The molecule has 0 aromatic heterocycles. The maximum atomic E-state index is 3.99. The highest BCUT2D eigenvalue weighted by Crippen LogP contribution is 1.95. The van der Waals surface area contributed by atoms with Crippen molar-refractivity contribution in [3.8, 4) is 0 Å². The fourth-order valence-corrected chi connectivity index (χ4v) is 1.64. The molecule has 23 heavy (non-hydrogen) atoms. The molecule has 0 rings (SSSR count). The Labute approximate surface area is 147 Å². The molecule has 0 unspecified atom stereocenters. The topological polar surface area (TPSA) is 28.0 Å². The molecular weight excluding hydrogens is 282 g/mol. The summed E-state index contributed by atoms with van der Waals surface area (Å²) in [6.45, 7) is 13.6. The summed E-state index contributed by atoms with van der Waals surface area (Å²) in [5, 5.41) is 0. The summed E-state index contributed by atoms with van der Waals surface area (Å²) < 4.78 is 0. The van der Waals surface area contributed by atoms with E-state index >= 15 is 0 Å². The molecule has 3 nitrogen and oxygen atoms in total. The smallest absolute Gasteiger partial charge is 0.0892 e. The lowest BCUT2D eigenvalue weighted by atomic mass is 10.2. The molecule has 0 aliphatic carbocycles. The predicted molar refractivity (Wildman–Crippen MR) is 108 cm³/mol. The van der Waals surface area contributed by atoms with Crippen LogP contribution in [0.15, 0.2) is 9.98 Å². The quantitative estimate of drug-likeness (QED) is 0.323. The van der Waals surface area contributed by atoms with Gasteiger partial charge in [-0.1, -0.05) is 79.1 Å². The molecule has 140 valence electrons. The molecule has 0 radical (unpaired) electrons. The van der Waals surface area contributed by atoms with Gasteiger partial charge < -0.3 is 4.90 Å². The van der Waals surface area contributed by atoms with Crippen molar-refractivity contribution >= 4 is 6.01 Å². The minimum Gasteiger partial charge on any atom is -0.309 e. The van der Waals surface area contributed by atoms with Gasteiger partial charge >= 0.3 is 0 Å². The minimum absolute atomic E-state index is 0.775. The normalized spacial score (nSPS) is 9.22. The van der Waals surface area contributed by atoms with Crippen LogP contribution in [0.2, 0.25) is 0 Å². The molecule has 0 aliphatic rings. The first-order valence-corrected chi connectivity index (χ1v) is 9.83. The average Bonchev–Trinajstić information content (AvgIpc) is 2.55. The fourth-order valence-electron chi connectivity index (χ4n) is 1.64. The van der Waals surface area contributed by atoms with Gasteiger partial charge in [-0.05, 0) is 34.0 Å². The Balaban J connectivity index is -0.000000284. The van der Waals surface area contributed by atoms with Gasteiger partial charge in [0.2, 0.25) is 0 Å². The number of hydrogen-bond donors (Lipinski definition) is 0. The number of hydrogen-bond acceptors (Lipinski definition) is 3. The standard InChI is InChI=1S/C8H17N3.2C6H14/c1-4-9-8-10-6-5-7-11(2)3;2*1-3-5-6-4-2/h4-7H2,1-3H3;2*3-6H2,1-2H3. The van der Waals surface area contributed by atoms with E-state index in [9.17, 15) is 0 Å². The van der Waals surface area contributed by atoms with Gasteiger partial charge in [0, 0.05) is 6.54 Å². The minimum atomic E-state index is 0.775. The Kier molecular flexibility index (Phi) is 34.7. The second-order valence-corrected chi connectivity index (χ2v) is 6.03. The monoisotopic (exact) mass is 327 g/mol. The van der Waals surface area contributed by atoms with Crippen molar-refractivity contribution in [2.75, 3.05) is 33.7 Å². The van der Waals surface area contributed by atoms with Crippen molar-refractivity contribution in [3.05, 3.63) is 0 Å². The SMILES string of the molecule is CCCCCC.CCCCCC.CCN=C=NCCCN(C)C. The predicted octanol–water partition coefficient (Wildman–Crippen LogP) is 6.31. The molecule has 0 aromatic rings. The molecule has 0 aromatic carbocycles. The molecule has 0 atom stereocenters. The molecule has 0 amide bonds. The van der Waals surface area contributed by atoms with Crippen molar-refractivity contribution in [3.63, 3.8) is 0 Å². The molecule has 0 fully saturated rings. The van der Waals surface area contributed by atoms with Crippen molar-refractivity contribution in [2.45, 2.75) is 92.4 Å². The van der Waals surface area contributed by atoms with E-state index in [1.807, 2.05) is 6.92 Å². The highest BCUT2D eigenvalue weighted by molar-refractivity contribution is 5.40. The van der Waals surface area contributed by atoms with E-state index in [-0.39, 0.29) is 0 Å². The second kappa shape index (κ2) is 29.4. The lowest BCUT2D eigenvalue weighted by molar-refractivity contribution is 0.403. The Hall–Kier alpha value is -0.660. The molecule has 0 bridgehead atoms. The fraction of sp³-hybridized carbons (Fsp3) is 0.950. The molecule has 3 heteroatoms. The first-order valence-electron chi connectivity index (χ1n) is 9.83. The molecule has 0 aliphatic heterocycles. The molecule has 0 saturated carbocycles. The molecular formula is C20H45N3. The lowest BCUT2D eigenvalue weighted by Gasteiger charge is -2.05. The number of nitrogens with zero attached hydrogens (tertiary/aromatic N) is 3. The Bertz CT molecular complexity index is 215. The first-order chi connectivity index (χ1) is 11.1. The van der Waals surface area contributed by atoms with Crippen molar-refractivity contribution < 1.29 is 0 Å². The van der Waals surface area contributed by atoms with Gasteiger partial charge in [-0.25, -0.2) is 9.98 Å². The zero-order chi connectivity index (χ0) is 18.2. The van der Waals surface area contributed by atoms with Gasteiger partial charge in [0.1, 0.15) is 0 Å². The van der Waals surface area contributed by atoms with E-state index in [1.165, 1.54) is 51.4 Å². The van der Waals surface area contributed by atoms with Crippen LogP contribution in [-0.2, 0) is 0 Å². The van der Waals surface area contributed by atoms with Gasteiger partial charge in [0.25, 0.3) is 0 Å². The Morgan fingerprint density at radius 1 is 0.652 bits per heavy atom. The summed E-state index contributed by atoms with van der Waals surface area (Å²) in [7, 11) is 4.12. The van der Waals surface area contributed by atoms with E-state index in [2.05, 4.69) is 62.7 Å². The maximum Gasteiger partial charge on any atom is 0.0892 e. The highest BCUT2D eigenvalue weighted by atomic mass is 15.0. The van der Waals surface area contributed by atoms with Gasteiger partial charge in [-0.2, -0.15) is 0 Å². The van der Waals surface area contributed by atoms with E-state index in [1.54, 1.807) is 0 Å². The van der Waals surface area contributed by atoms with Gasteiger partial charge in [0.05, 0.1) is 12.6 Å². The summed E-state index contributed by atoms with van der Waals surface area (Å²) >= 11 is 0. The molecule has 0 saturated heterocycles. The van der Waals surface area contributed by atoms with Gasteiger partial charge in [-0.15, -0.1) is 0 Å². The van der Waals surface area contributed by atoms with E-state index in [0.29, 0.717) is 0 Å². The van der Waals surface area contributed by atoms with Crippen LogP contribution < -0.4 is 0 Å². The first kappa shape index (κ1) is 27.2. The number of rotatable bonds is 11. The number of aliphatic imine (C=N–C) groups is 2. The summed E-state index contributed by atoms with van der Waals surface area (Å²) in [6.07, 6.45) is 12.2. The third kappa shape index (κ3) is 44.9. The zero-order valence-electron chi connectivity index (χ0n) is 17.3. The molecule has 0 N–H and O–H groups in total. The van der Waals surface area contributed by atoms with Crippen LogP contribution in [0.5, 0.6) is 0 Å². The van der Waals surface area contributed by atoms with E-state index in [0.717, 1.165) is 26.1 Å². The van der Waals surface area contributed by atoms with Crippen LogP contribution in [0.4, 0.5) is 0 Å². The third-order valence-corrected chi connectivity index (χ3v) is 3.09. The van der Waals surface area contributed by atoms with Crippen LogP contribution >= 0.6 is 0 Å². The summed E-state index contributed by atoms with van der Waals surface area (Å²) in [5.74, 6) is 0. The lowest BCUT2D eigenvalue weighted by Crippen LogP contribution is -2.13. The third-order valence-electron chi connectivity index (χ3n) is 3.09. The van der Waals surface area contributed by atoms with Crippen LogP contribution in [-0.4, -0.2) is 44.6 Å². The van der Waals surface area contributed by atoms with E-state index in [4.69, 9.17) is 0 Å². The van der Waals surface area contributed by atoms with Crippen molar-refractivity contribution in [1.29, 1.82) is 0 Å². The second-order valence-electron chi connectivity index (χ2n) is 6.03. The number of unbranched alkanes of at least 4 members (excludes halogenated alkanes) is 6. The summed E-state index contributed by atoms with van der Waals surface area (Å²) in [5.41, 5.74) is 0. The molecule has 0 heterocycles. The summed E-state index contributed by atoms with van der Waals surface area (Å²) in [4.78, 5) is 9.99. The van der Waals surface area contributed by atoms with Crippen LogP contribution in [0.25, 0.3) is 0 Å². The van der Waals surface area contributed by atoms with Crippen molar-refractivity contribution in [2.24, 2.45) is 9.98 Å².